The molecule has 0 saturated heterocycles. The summed E-state index contributed by atoms with van der Waals surface area (Å²) in [6.45, 7) is 8.36. The van der Waals surface area contributed by atoms with Crippen molar-refractivity contribution in [1.82, 2.24) is 4.98 Å². The molecular formula is C13H21NO3. The standard InChI is InChI=1S/C13H21NO3/c1-6-7-9-11(12(15)16-5)17-10(14-9)8-13(2,3)4/h6-8H2,1-5H3. The van der Waals surface area contributed by atoms with E-state index in [4.69, 9.17) is 9.15 Å². The van der Waals surface area contributed by atoms with Crippen LogP contribution in [0.2, 0.25) is 0 Å². The summed E-state index contributed by atoms with van der Waals surface area (Å²) >= 11 is 0. The number of hydrogen-bond acceptors (Lipinski definition) is 4. The molecule has 0 saturated carbocycles. The van der Waals surface area contributed by atoms with Gasteiger partial charge < -0.3 is 9.15 Å². The summed E-state index contributed by atoms with van der Waals surface area (Å²) < 4.78 is 10.2. The van der Waals surface area contributed by atoms with Gasteiger partial charge in [0.25, 0.3) is 0 Å². The van der Waals surface area contributed by atoms with E-state index in [1.54, 1.807) is 0 Å². The smallest absolute Gasteiger partial charge is 0.375 e. The summed E-state index contributed by atoms with van der Waals surface area (Å²) in [5.74, 6) is 0.427. The van der Waals surface area contributed by atoms with Gasteiger partial charge in [0.1, 0.15) is 0 Å². The third kappa shape index (κ3) is 3.88. The van der Waals surface area contributed by atoms with Crippen LogP contribution in [-0.4, -0.2) is 18.1 Å². The second-order valence-corrected chi connectivity index (χ2v) is 5.36. The maximum absolute atomic E-state index is 11.5. The fourth-order valence-corrected chi connectivity index (χ4v) is 1.59. The highest BCUT2D eigenvalue weighted by atomic mass is 16.5. The number of aryl methyl sites for hydroxylation is 1. The Hall–Kier alpha value is -1.32. The highest BCUT2D eigenvalue weighted by Gasteiger charge is 2.23. The van der Waals surface area contributed by atoms with Gasteiger partial charge >= 0.3 is 5.97 Å². The van der Waals surface area contributed by atoms with E-state index in [2.05, 4.69) is 25.8 Å². The van der Waals surface area contributed by atoms with E-state index in [1.165, 1.54) is 7.11 Å². The number of methoxy groups -OCH3 is 1. The molecule has 0 radical (unpaired) electrons. The summed E-state index contributed by atoms with van der Waals surface area (Å²) in [6, 6.07) is 0. The normalized spacial score (nSPS) is 11.6. The van der Waals surface area contributed by atoms with E-state index in [9.17, 15) is 4.79 Å². The molecular weight excluding hydrogens is 218 g/mol. The zero-order valence-electron chi connectivity index (χ0n) is 11.3. The van der Waals surface area contributed by atoms with E-state index in [-0.39, 0.29) is 11.2 Å². The van der Waals surface area contributed by atoms with Crippen molar-refractivity contribution in [3.8, 4) is 0 Å². The fourth-order valence-electron chi connectivity index (χ4n) is 1.59. The van der Waals surface area contributed by atoms with Gasteiger partial charge in [-0.05, 0) is 11.8 Å². The van der Waals surface area contributed by atoms with Crippen LogP contribution < -0.4 is 0 Å². The Morgan fingerprint density at radius 3 is 2.53 bits per heavy atom. The first kappa shape index (κ1) is 13.7. The van der Waals surface area contributed by atoms with Gasteiger partial charge in [-0.1, -0.05) is 34.1 Å². The molecule has 0 fully saturated rings. The summed E-state index contributed by atoms with van der Waals surface area (Å²) in [5, 5.41) is 0. The first-order valence-corrected chi connectivity index (χ1v) is 5.94. The first-order valence-electron chi connectivity index (χ1n) is 5.94. The molecule has 1 rings (SSSR count). The van der Waals surface area contributed by atoms with Gasteiger partial charge in [-0.2, -0.15) is 0 Å². The Morgan fingerprint density at radius 2 is 2.06 bits per heavy atom. The number of rotatable bonds is 4. The Bertz CT molecular complexity index is 388. The number of ether oxygens (including phenoxy) is 1. The maximum Gasteiger partial charge on any atom is 0.375 e. The largest absolute Gasteiger partial charge is 0.463 e. The minimum Gasteiger partial charge on any atom is -0.463 e. The number of hydrogen-bond donors (Lipinski definition) is 0. The minimum absolute atomic E-state index is 0.0850. The van der Waals surface area contributed by atoms with Gasteiger partial charge in [0.2, 0.25) is 5.76 Å². The molecule has 1 aromatic heterocycles. The highest BCUT2D eigenvalue weighted by Crippen LogP contribution is 2.23. The Kier molecular flexibility index (Phi) is 4.32. The van der Waals surface area contributed by atoms with Crippen molar-refractivity contribution in [1.29, 1.82) is 0 Å². The molecule has 0 aromatic carbocycles. The lowest BCUT2D eigenvalue weighted by molar-refractivity contribution is 0.0560. The van der Waals surface area contributed by atoms with Crippen LogP contribution in [0.3, 0.4) is 0 Å². The van der Waals surface area contributed by atoms with Crippen molar-refractivity contribution in [2.75, 3.05) is 7.11 Å². The zero-order valence-corrected chi connectivity index (χ0v) is 11.3. The van der Waals surface area contributed by atoms with Crippen LogP contribution in [0.25, 0.3) is 0 Å². The molecule has 0 unspecified atom stereocenters. The highest BCUT2D eigenvalue weighted by molar-refractivity contribution is 5.87. The van der Waals surface area contributed by atoms with E-state index in [1.807, 2.05) is 6.92 Å². The number of carbonyl (C=O) groups is 1. The molecule has 96 valence electrons. The second kappa shape index (κ2) is 5.34. The van der Waals surface area contributed by atoms with Crippen molar-refractivity contribution in [3.05, 3.63) is 17.3 Å². The SMILES string of the molecule is CCCc1nc(CC(C)(C)C)oc1C(=O)OC. The van der Waals surface area contributed by atoms with Crippen LogP contribution in [0.5, 0.6) is 0 Å². The average Bonchev–Trinajstić information content (AvgIpc) is 2.58. The third-order valence-electron chi connectivity index (χ3n) is 2.28. The van der Waals surface area contributed by atoms with E-state index < -0.39 is 5.97 Å². The van der Waals surface area contributed by atoms with Crippen LogP contribution in [0.15, 0.2) is 4.42 Å². The van der Waals surface area contributed by atoms with Crippen LogP contribution in [0.1, 0.15) is 56.3 Å². The summed E-state index contributed by atoms with van der Waals surface area (Å²) in [5.41, 5.74) is 0.792. The summed E-state index contributed by atoms with van der Waals surface area (Å²) in [6.07, 6.45) is 2.37. The van der Waals surface area contributed by atoms with Gasteiger partial charge in [0.15, 0.2) is 5.89 Å². The zero-order chi connectivity index (χ0) is 13.1. The number of oxazole rings is 1. The van der Waals surface area contributed by atoms with Crippen molar-refractivity contribution in [2.24, 2.45) is 5.41 Å². The van der Waals surface area contributed by atoms with Crippen molar-refractivity contribution in [2.45, 2.75) is 47.0 Å². The van der Waals surface area contributed by atoms with Gasteiger partial charge in [0.05, 0.1) is 12.8 Å². The first-order chi connectivity index (χ1) is 7.87. The minimum atomic E-state index is -0.443. The molecule has 4 nitrogen and oxygen atoms in total. The predicted octanol–water partition coefficient (Wildman–Crippen LogP) is 3.00. The number of esters is 1. The average molecular weight is 239 g/mol. The molecule has 1 heterocycles. The fraction of sp³-hybridized carbons (Fsp3) is 0.692. The topological polar surface area (TPSA) is 52.3 Å². The molecule has 17 heavy (non-hydrogen) atoms. The number of nitrogens with zero attached hydrogens (tertiary/aromatic N) is 1. The van der Waals surface area contributed by atoms with E-state index >= 15 is 0 Å². The lowest BCUT2D eigenvalue weighted by Gasteiger charge is -2.14. The molecule has 0 atom stereocenters. The van der Waals surface area contributed by atoms with Gasteiger partial charge in [-0.3, -0.25) is 0 Å². The molecule has 0 aliphatic rings. The lowest BCUT2D eigenvalue weighted by Crippen LogP contribution is -2.09. The van der Waals surface area contributed by atoms with Gasteiger partial charge in [0, 0.05) is 6.42 Å². The second-order valence-electron chi connectivity index (χ2n) is 5.36. The Morgan fingerprint density at radius 1 is 1.41 bits per heavy atom. The van der Waals surface area contributed by atoms with Crippen molar-refractivity contribution >= 4 is 5.97 Å². The molecule has 1 aromatic rings. The Balaban J connectivity index is 2.99. The van der Waals surface area contributed by atoms with Gasteiger partial charge in [-0.25, -0.2) is 9.78 Å². The Labute approximate surface area is 102 Å². The quantitative estimate of drug-likeness (QED) is 0.758. The summed E-state index contributed by atoms with van der Waals surface area (Å²) in [4.78, 5) is 15.9. The molecule has 0 N–H and O–H groups in total. The van der Waals surface area contributed by atoms with Crippen molar-refractivity contribution < 1.29 is 13.9 Å². The summed E-state index contributed by atoms with van der Waals surface area (Å²) in [7, 11) is 1.35. The van der Waals surface area contributed by atoms with Crippen LogP contribution >= 0.6 is 0 Å². The van der Waals surface area contributed by atoms with E-state index in [0.29, 0.717) is 18.0 Å². The molecule has 0 bridgehead atoms. The van der Waals surface area contributed by atoms with Crippen molar-refractivity contribution in [3.63, 3.8) is 0 Å². The molecule has 0 amide bonds. The lowest BCUT2D eigenvalue weighted by atomic mass is 9.92. The molecule has 4 heteroatoms. The van der Waals surface area contributed by atoms with Crippen LogP contribution in [0.4, 0.5) is 0 Å². The monoisotopic (exact) mass is 239 g/mol. The molecule has 0 aliphatic carbocycles. The molecule has 0 aliphatic heterocycles. The predicted molar refractivity (Wildman–Crippen MR) is 65.0 cm³/mol. The molecule has 0 spiro atoms. The third-order valence-corrected chi connectivity index (χ3v) is 2.28. The van der Waals surface area contributed by atoms with Gasteiger partial charge in [-0.15, -0.1) is 0 Å². The maximum atomic E-state index is 11.5. The number of aromatic nitrogens is 1. The number of carbonyl (C=O) groups excluding carboxylic acids is 1. The van der Waals surface area contributed by atoms with E-state index in [0.717, 1.165) is 12.8 Å². The van der Waals surface area contributed by atoms with Crippen LogP contribution in [0, 0.1) is 5.41 Å². The van der Waals surface area contributed by atoms with Crippen LogP contribution in [-0.2, 0) is 17.6 Å².